The number of hydrogen-bond donors (Lipinski definition) is 1. The fourth-order valence-corrected chi connectivity index (χ4v) is 2.64. The van der Waals surface area contributed by atoms with Crippen molar-refractivity contribution in [1.82, 2.24) is 4.90 Å². The zero-order valence-corrected chi connectivity index (χ0v) is 10.2. The van der Waals surface area contributed by atoms with E-state index in [1.54, 1.807) is 11.4 Å². The molecular formula is C9H9BrN2O2S. The van der Waals surface area contributed by atoms with Crippen LogP contribution in [0.4, 0.5) is 0 Å². The Morgan fingerprint density at radius 1 is 1.60 bits per heavy atom. The second-order valence-corrected chi connectivity index (χ2v) is 5.64. The van der Waals surface area contributed by atoms with E-state index in [2.05, 4.69) is 15.9 Å². The maximum atomic E-state index is 11.9. The van der Waals surface area contributed by atoms with Crippen molar-refractivity contribution in [2.24, 2.45) is 5.73 Å². The molecule has 1 unspecified atom stereocenters. The standard InChI is InChI=1S/C9H9BrN2O2S/c10-7-3-5(4-15-7)9(14)12-2-1-6(12)8(11)13/h3-4,6H,1-2H2,(H2,11,13). The molecule has 0 radical (unpaired) electrons. The Kier molecular flexibility index (Phi) is 2.79. The summed E-state index contributed by atoms with van der Waals surface area (Å²) in [6.45, 7) is 0.611. The predicted molar refractivity (Wildman–Crippen MR) is 60.7 cm³/mol. The molecule has 80 valence electrons. The lowest BCUT2D eigenvalue weighted by atomic mass is 10.0. The van der Waals surface area contributed by atoms with E-state index < -0.39 is 11.9 Å². The van der Waals surface area contributed by atoms with Gasteiger partial charge in [0, 0.05) is 11.9 Å². The predicted octanol–water partition coefficient (Wildman–Crippen LogP) is 1.21. The lowest BCUT2D eigenvalue weighted by Gasteiger charge is -2.38. The van der Waals surface area contributed by atoms with Crippen molar-refractivity contribution in [2.75, 3.05) is 6.54 Å². The molecule has 0 aliphatic carbocycles. The number of hydrogen-bond acceptors (Lipinski definition) is 3. The van der Waals surface area contributed by atoms with Gasteiger partial charge in [0.15, 0.2) is 0 Å². The van der Waals surface area contributed by atoms with Crippen LogP contribution in [0.25, 0.3) is 0 Å². The van der Waals surface area contributed by atoms with Gasteiger partial charge < -0.3 is 10.6 Å². The fourth-order valence-electron chi connectivity index (χ4n) is 1.51. The zero-order valence-electron chi connectivity index (χ0n) is 7.77. The quantitative estimate of drug-likeness (QED) is 0.889. The van der Waals surface area contributed by atoms with Crippen LogP contribution in [0.2, 0.25) is 0 Å². The number of halogens is 1. The highest BCUT2D eigenvalue weighted by atomic mass is 79.9. The Bertz CT molecular complexity index is 418. The van der Waals surface area contributed by atoms with E-state index in [4.69, 9.17) is 5.73 Å². The summed E-state index contributed by atoms with van der Waals surface area (Å²) in [7, 11) is 0. The van der Waals surface area contributed by atoms with Gasteiger partial charge in [-0.25, -0.2) is 0 Å². The van der Waals surface area contributed by atoms with Crippen molar-refractivity contribution < 1.29 is 9.59 Å². The fraction of sp³-hybridized carbons (Fsp3) is 0.333. The monoisotopic (exact) mass is 288 g/mol. The minimum atomic E-state index is -0.427. The number of rotatable bonds is 2. The van der Waals surface area contributed by atoms with Gasteiger partial charge >= 0.3 is 0 Å². The Balaban J connectivity index is 2.12. The van der Waals surface area contributed by atoms with Crippen LogP contribution in [0.3, 0.4) is 0 Å². The summed E-state index contributed by atoms with van der Waals surface area (Å²) in [5.74, 6) is -0.545. The second-order valence-electron chi connectivity index (χ2n) is 3.34. The molecule has 2 rings (SSSR count). The van der Waals surface area contributed by atoms with Gasteiger partial charge in [0.25, 0.3) is 5.91 Å². The maximum absolute atomic E-state index is 11.9. The van der Waals surface area contributed by atoms with Crippen LogP contribution in [0.15, 0.2) is 15.2 Å². The average molecular weight is 289 g/mol. The molecule has 0 spiro atoms. The normalized spacial score (nSPS) is 19.8. The largest absolute Gasteiger partial charge is 0.368 e. The molecular weight excluding hydrogens is 280 g/mol. The minimum Gasteiger partial charge on any atom is -0.368 e. The molecule has 1 aromatic rings. The van der Waals surface area contributed by atoms with E-state index >= 15 is 0 Å². The molecule has 15 heavy (non-hydrogen) atoms. The third-order valence-corrected chi connectivity index (χ3v) is 3.93. The third-order valence-electron chi connectivity index (χ3n) is 2.42. The number of carbonyl (C=O) groups excluding carboxylic acids is 2. The first-order valence-electron chi connectivity index (χ1n) is 4.44. The van der Waals surface area contributed by atoms with Crippen LogP contribution in [0.5, 0.6) is 0 Å². The summed E-state index contributed by atoms with van der Waals surface area (Å²) in [4.78, 5) is 24.3. The number of thiophene rings is 1. The van der Waals surface area contributed by atoms with Crippen LogP contribution in [-0.4, -0.2) is 29.3 Å². The van der Waals surface area contributed by atoms with Crippen molar-refractivity contribution in [3.05, 3.63) is 20.8 Å². The average Bonchev–Trinajstić information content (AvgIpc) is 2.48. The van der Waals surface area contributed by atoms with Gasteiger partial charge in [0.05, 0.1) is 9.35 Å². The molecule has 1 atom stereocenters. The first kappa shape index (κ1) is 10.6. The topological polar surface area (TPSA) is 63.4 Å². The Morgan fingerprint density at radius 2 is 2.33 bits per heavy atom. The Hall–Kier alpha value is -0.880. The smallest absolute Gasteiger partial charge is 0.255 e. The van der Waals surface area contributed by atoms with Crippen LogP contribution in [0.1, 0.15) is 16.8 Å². The Labute approximate surface area is 99.2 Å². The molecule has 1 aliphatic rings. The third kappa shape index (κ3) is 1.91. The second kappa shape index (κ2) is 3.94. The summed E-state index contributed by atoms with van der Waals surface area (Å²) in [5.41, 5.74) is 5.78. The molecule has 2 N–H and O–H groups in total. The molecule has 1 saturated heterocycles. The maximum Gasteiger partial charge on any atom is 0.255 e. The van der Waals surface area contributed by atoms with E-state index in [1.165, 1.54) is 16.2 Å². The number of primary amides is 1. The van der Waals surface area contributed by atoms with Crippen molar-refractivity contribution >= 4 is 39.1 Å². The molecule has 0 saturated carbocycles. The number of likely N-dealkylation sites (tertiary alicyclic amines) is 1. The number of nitrogens with zero attached hydrogens (tertiary/aromatic N) is 1. The summed E-state index contributed by atoms with van der Waals surface area (Å²) >= 11 is 4.74. The first-order chi connectivity index (χ1) is 7.09. The summed E-state index contributed by atoms with van der Waals surface area (Å²) < 4.78 is 0.905. The molecule has 0 bridgehead atoms. The highest BCUT2D eigenvalue weighted by Gasteiger charge is 2.36. The lowest BCUT2D eigenvalue weighted by molar-refractivity contribution is -0.125. The summed E-state index contributed by atoms with van der Waals surface area (Å²) in [5, 5.41) is 1.77. The van der Waals surface area contributed by atoms with Crippen LogP contribution < -0.4 is 5.73 Å². The number of carbonyl (C=O) groups is 2. The van der Waals surface area contributed by atoms with Crippen molar-refractivity contribution in [3.63, 3.8) is 0 Å². The van der Waals surface area contributed by atoms with E-state index in [0.29, 0.717) is 18.5 Å². The lowest BCUT2D eigenvalue weighted by Crippen LogP contribution is -2.57. The molecule has 2 heterocycles. The minimum absolute atomic E-state index is 0.119. The summed E-state index contributed by atoms with van der Waals surface area (Å²) in [6.07, 6.45) is 0.673. The molecule has 1 fully saturated rings. The van der Waals surface area contributed by atoms with Crippen molar-refractivity contribution in [2.45, 2.75) is 12.5 Å². The van der Waals surface area contributed by atoms with E-state index in [1.807, 2.05) is 0 Å². The highest BCUT2D eigenvalue weighted by Crippen LogP contribution is 2.25. The van der Waals surface area contributed by atoms with Gasteiger partial charge in [0.1, 0.15) is 6.04 Å². The van der Waals surface area contributed by atoms with E-state index in [-0.39, 0.29) is 5.91 Å². The zero-order chi connectivity index (χ0) is 11.0. The summed E-state index contributed by atoms with van der Waals surface area (Å²) in [6, 6.07) is 1.33. The molecule has 2 amide bonds. The Morgan fingerprint density at radius 3 is 2.73 bits per heavy atom. The van der Waals surface area contributed by atoms with Crippen LogP contribution in [-0.2, 0) is 4.79 Å². The SMILES string of the molecule is NC(=O)C1CCN1C(=O)c1csc(Br)c1. The first-order valence-corrected chi connectivity index (χ1v) is 6.11. The molecule has 1 aliphatic heterocycles. The van der Waals surface area contributed by atoms with Gasteiger partial charge in [-0.2, -0.15) is 0 Å². The van der Waals surface area contributed by atoms with Crippen molar-refractivity contribution in [3.8, 4) is 0 Å². The van der Waals surface area contributed by atoms with E-state index in [9.17, 15) is 9.59 Å². The van der Waals surface area contributed by atoms with Crippen LogP contribution in [0, 0.1) is 0 Å². The number of nitrogens with two attached hydrogens (primary N) is 1. The molecule has 1 aromatic heterocycles. The molecule has 4 nitrogen and oxygen atoms in total. The van der Waals surface area contributed by atoms with E-state index in [0.717, 1.165) is 3.79 Å². The molecule has 0 aromatic carbocycles. The van der Waals surface area contributed by atoms with Crippen molar-refractivity contribution in [1.29, 1.82) is 0 Å². The van der Waals surface area contributed by atoms with Gasteiger partial charge in [-0.05, 0) is 28.4 Å². The molecule has 6 heteroatoms. The van der Waals surface area contributed by atoms with Crippen LogP contribution >= 0.6 is 27.3 Å². The van der Waals surface area contributed by atoms with Gasteiger partial charge in [-0.3, -0.25) is 9.59 Å². The highest BCUT2D eigenvalue weighted by molar-refractivity contribution is 9.11. The van der Waals surface area contributed by atoms with Gasteiger partial charge in [-0.15, -0.1) is 11.3 Å². The number of amides is 2. The van der Waals surface area contributed by atoms with Gasteiger partial charge in [0.2, 0.25) is 5.91 Å². The van der Waals surface area contributed by atoms with Gasteiger partial charge in [-0.1, -0.05) is 0 Å².